The lowest BCUT2D eigenvalue weighted by atomic mass is 10.3. The molecular formula is C11H18N2O4S2. The highest BCUT2D eigenvalue weighted by Crippen LogP contribution is 2.25. The summed E-state index contributed by atoms with van der Waals surface area (Å²) in [7, 11) is -2.22. The number of nitrogens with zero attached hydrogens (tertiary/aromatic N) is 1. The van der Waals surface area contributed by atoms with E-state index in [0.29, 0.717) is 29.5 Å². The predicted molar refractivity (Wildman–Crippen MR) is 73.9 cm³/mol. The Hall–Kier alpha value is -0.960. The zero-order valence-electron chi connectivity index (χ0n) is 11.2. The van der Waals surface area contributed by atoms with E-state index in [0.717, 1.165) is 11.3 Å². The van der Waals surface area contributed by atoms with Gasteiger partial charge in [-0.25, -0.2) is 13.6 Å². The largest absolute Gasteiger partial charge is 0.383 e. The Morgan fingerprint density at radius 1 is 1.53 bits per heavy atom. The molecule has 0 spiro atoms. The highest BCUT2D eigenvalue weighted by Gasteiger charge is 2.21. The summed E-state index contributed by atoms with van der Waals surface area (Å²) in [6.45, 7) is 4.92. The van der Waals surface area contributed by atoms with Gasteiger partial charge in [0.15, 0.2) is 0 Å². The second kappa shape index (κ2) is 6.47. The van der Waals surface area contributed by atoms with Gasteiger partial charge < -0.3 is 9.64 Å². The number of carbonyl (C=O) groups excluding carboxylic acids is 1. The normalized spacial score (nSPS) is 11.6. The average molecular weight is 306 g/mol. The van der Waals surface area contributed by atoms with Crippen molar-refractivity contribution in [1.29, 1.82) is 0 Å². The number of sulfonamides is 1. The standard InChI is InChI=1S/C11H18N2O4S2/c1-4-13(5-6-17-3)11(14)9-7-10(8(2)18-9)19(12,15)16/h7H,4-6H2,1-3H3,(H2,12,15,16). The number of amides is 1. The first kappa shape index (κ1) is 16.1. The Morgan fingerprint density at radius 3 is 2.58 bits per heavy atom. The molecule has 0 atom stereocenters. The molecule has 0 radical (unpaired) electrons. The maximum Gasteiger partial charge on any atom is 0.264 e. The van der Waals surface area contributed by atoms with Crippen LogP contribution in [-0.4, -0.2) is 46.0 Å². The van der Waals surface area contributed by atoms with Gasteiger partial charge in [-0.1, -0.05) is 0 Å². The number of likely N-dealkylation sites (N-methyl/N-ethyl adjacent to an activating group) is 1. The molecule has 0 aliphatic heterocycles. The van der Waals surface area contributed by atoms with E-state index in [-0.39, 0.29) is 10.8 Å². The van der Waals surface area contributed by atoms with Crippen molar-refractivity contribution in [2.75, 3.05) is 26.8 Å². The lowest BCUT2D eigenvalue weighted by Crippen LogP contribution is -2.33. The van der Waals surface area contributed by atoms with Crippen LogP contribution in [0.4, 0.5) is 0 Å². The van der Waals surface area contributed by atoms with Gasteiger partial charge in [0.2, 0.25) is 10.0 Å². The molecule has 0 unspecified atom stereocenters. The van der Waals surface area contributed by atoms with Gasteiger partial charge in [0.1, 0.15) is 0 Å². The van der Waals surface area contributed by atoms with E-state index < -0.39 is 10.0 Å². The summed E-state index contributed by atoms with van der Waals surface area (Å²) < 4.78 is 27.6. The first-order valence-corrected chi connectivity index (χ1v) is 8.09. The van der Waals surface area contributed by atoms with Crippen molar-refractivity contribution in [2.24, 2.45) is 5.14 Å². The number of ether oxygens (including phenoxy) is 1. The van der Waals surface area contributed by atoms with E-state index in [4.69, 9.17) is 9.88 Å². The SMILES string of the molecule is CCN(CCOC)C(=O)c1cc(S(N)(=O)=O)c(C)s1. The smallest absolute Gasteiger partial charge is 0.264 e. The molecule has 0 saturated heterocycles. The highest BCUT2D eigenvalue weighted by molar-refractivity contribution is 7.89. The maximum absolute atomic E-state index is 12.2. The molecule has 0 aliphatic carbocycles. The summed E-state index contributed by atoms with van der Waals surface area (Å²) in [4.78, 5) is 14.7. The summed E-state index contributed by atoms with van der Waals surface area (Å²) in [5.74, 6) is -0.206. The van der Waals surface area contributed by atoms with Crippen LogP contribution in [0.5, 0.6) is 0 Å². The molecule has 0 aromatic carbocycles. The molecule has 0 fully saturated rings. The number of aryl methyl sites for hydroxylation is 1. The fourth-order valence-corrected chi connectivity index (χ4v) is 3.73. The second-order valence-corrected chi connectivity index (χ2v) is 6.74. The minimum atomic E-state index is -3.78. The molecule has 6 nitrogen and oxygen atoms in total. The number of rotatable bonds is 6. The van der Waals surface area contributed by atoms with Crippen LogP contribution in [0.15, 0.2) is 11.0 Å². The van der Waals surface area contributed by atoms with Crippen molar-refractivity contribution in [1.82, 2.24) is 4.90 Å². The molecule has 1 aromatic heterocycles. The molecule has 1 rings (SSSR count). The van der Waals surface area contributed by atoms with Crippen molar-refractivity contribution in [3.8, 4) is 0 Å². The van der Waals surface area contributed by atoms with E-state index in [2.05, 4.69) is 0 Å². The fourth-order valence-electron chi connectivity index (χ4n) is 1.61. The van der Waals surface area contributed by atoms with Gasteiger partial charge in [-0.2, -0.15) is 0 Å². The number of nitrogens with two attached hydrogens (primary N) is 1. The molecule has 1 amide bonds. The molecular weight excluding hydrogens is 288 g/mol. The van der Waals surface area contributed by atoms with Crippen LogP contribution in [0, 0.1) is 6.92 Å². The first-order valence-electron chi connectivity index (χ1n) is 5.72. The predicted octanol–water partition coefficient (Wildman–Crippen LogP) is 0.812. The summed E-state index contributed by atoms with van der Waals surface area (Å²) in [5.41, 5.74) is 0. The number of primary sulfonamides is 1. The van der Waals surface area contributed by atoms with E-state index >= 15 is 0 Å². The molecule has 1 aromatic rings. The van der Waals surface area contributed by atoms with Crippen LogP contribution < -0.4 is 5.14 Å². The quantitative estimate of drug-likeness (QED) is 0.842. The van der Waals surface area contributed by atoms with Crippen LogP contribution >= 0.6 is 11.3 Å². The molecule has 0 aliphatic rings. The minimum Gasteiger partial charge on any atom is -0.383 e. The van der Waals surface area contributed by atoms with E-state index in [1.165, 1.54) is 6.07 Å². The number of hydrogen-bond donors (Lipinski definition) is 1. The molecule has 19 heavy (non-hydrogen) atoms. The van der Waals surface area contributed by atoms with Crippen LogP contribution in [0.2, 0.25) is 0 Å². The van der Waals surface area contributed by atoms with Crippen LogP contribution in [0.1, 0.15) is 21.5 Å². The number of carbonyl (C=O) groups is 1. The molecule has 1 heterocycles. The van der Waals surface area contributed by atoms with Gasteiger partial charge in [-0.3, -0.25) is 4.79 Å². The van der Waals surface area contributed by atoms with E-state index in [9.17, 15) is 13.2 Å². The van der Waals surface area contributed by atoms with E-state index in [1.54, 1.807) is 18.9 Å². The summed E-state index contributed by atoms with van der Waals surface area (Å²) >= 11 is 1.14. The highest BCUT2D eigenvalue weighted by atomic mass is 32.2. The van der Waals surface area contributed by atoms with E-state index in [1.807, 2.05) is 6.92 Å². The summed E-state index contributed by atoms with van der Waals surface area (Å²) in [5, 5.41) is 5.09. The molecule has 108 valence electrons. The minimum absolute atomic E-state index is 0.0173. The zero-order valence-corrected chi connectivity index (χ0v) is 12.8. The van der Waals surface area contributed by atoms with Gasteiger partial charge in [-0.05, 0) is 19.9 Å². The Morgan fingerprint density at radius 2 is 2.16 bits per heavy atom. The number of thiophene rings is 1. The van der Waals surface area contributed by atoms with Crippen LogP contribution in [0.25, 0.3) is 0 Å². The number of methoxy groups -OCH3 is 1. The fraction of sp³-hybridized carbons (Fsp3) is 0.545. The van der Waals surface area contributed by atoms with Crippen molar-refractivity contribution in [3.63, 3.8) is 0 Å². The molecule has 0 saturated carbocycles. The van der Waals surface area contributed by atoms with Gasteiger partial charge in [0, 0.05) is 25.1 Å². The molecule has 2 N–H and O–H groups in total. The van der Waals surface area contributed by atoms with Gasteiger partial charge in [0.25, 0.3) is 5.91 Å². The molecule has 0 bridgehead atoms. The Labute approximate surface area is 117 Å². The first-order chi connectivity index (χ1) is 8.81. The lowest BCUT2D eigenvalue weighted by molar-refractivity contribution is 0.0711. The summed E-state index contributed by atoms with van der Waals surface area (Å²) in [6.07, 6.45) is 0. The van der Waals surface area contributed by atoms with Crippen LogP contribution in [-0.2, 0) is 14.8 Å². The Kier molecular flexibility index (Phi) is 5.48. The van der Waals surface area contributed by atoms with Gasteiger partial charge >= 0.3 is 0 Å². The number of hydrogen-bond acceptors (Lipinski definition) is 5. The third-order valence-electron chi connectivity index (χ3n) is 2.62. The van der Waals surface area contributed by atoms with Gasteiger partial charge in [-0.15, -0.1) is 11.3 Å². The van der Waals surface area contributed by atoms with Crippen molar-refractivity contribution < 1.29 is 17.9 Å². The average Bonchev–Trinajstić information content (AvgIpc) is 2.72. The van der Waals surface area contributed by atoms with Gasteiger partial charge in [0.05, 0.1) is 16.4 Å². The maximum atomic E-state index is 12.2. The third-order valence-corrected chi connectivity index (χ3v) is 4.83. The zero-order chi connectivity index (χ0) is 14.6. The second-order valence-electron chi connectivity index (χ2n) is 3.95. The van der Waals surface area contributed by atoms with Crippen LogP contribution in [0.3, 0.4) is 0 Å². The third kappa shape index (κ3) is 4.00. The van der Waals surface area contributed by atoms with Crippen molar-refractivity contribution in [3.05, 3.63) is 15.8 Å². The topological polar surface area (TPSA) is 89.7 Å². The lowest BCUT2D eigenvalue weighted by Gasteiger charge is -2.19. The van der Waals surface area contributed by atoms with Crippen molar-refractivity contribution in [2.45, 2.75) is 18.7 Å². The Bertz CT molecular complexity index is 551. The Balaban J connectivity index is 3.00. The summed E-state index contributed by atoms with van der Waals surface area (Å²) in [6, 6.07) is 1.34. The monoisotopic (exact) mass is 306 g/mol. The molecule has 8 heteroatoms. The van der Waals surface area contributed by atoms with Crippen molar-refractivity contribution >= 4 is 27.3 Å².